The van der Waals surface area contributed by atoms with Gasteiger partial charge in [-0.1, -0.05) is 65.9 Å². The average molecular weight is 420 g/mol. The summed E-state index contributed by atoms with van der Waals surface area (Å²) in [7, 11) is 0. The molecule has 0 saturated heterocycles. The van der Waals surface area contributed by atoms with Crippen molar-refractivity contribution in [3.8, 4) is 33.2 Å². The average Bonchev–Trinajstić information content (AvgIpc) is 3.34. The molecule has 5 heteroatoms. The Hall–Kier alpha value is -3.96. The summed E-state index contributed by atoms with van der Waals surface area (Å²) in [5, 5.41) is 6.00. The highest BCUT2D eigenvalue weighted by atomic mass is 32.1. The van der Waals surface area contributed by atoms with Crippen LogP contribution in [0.2, 0.25) is 0 Å². The third-order valence-corrected chi connectivity index (χ3v) is 6.35. The van der Waals surface area contributed by atoms with Crippen molar-refractivity contribution in [2.45, 2.75) is 0 Å². The molecule has 0 radical (unpaired) electrons. The number of anilines is 1. The minimum atomic E-state index is -0.190. The fourth-order valence-electron chi connectivity index (χ4n) is 3.93. The summed E-state index contributed by atoms with van der Waals surface area (Å²) in [6.45, 7) is 0. The molecule has 0 saturated carbocycles. The summed E-state index contributed by atoms with van der Waals surface area (Å²) in [5.41, 5.74) is 3.81. The monoisotopic (exact) mass is 420 g/mol. The number of rotatable bonds is 4. The summed E-state index contributed by atoms with van der Waals surface area (Å²) in [6.07, 6.45) is 0. The second-order valence-corrected chi connectivity index (χ2v) is 8.30. The highest BCUT2D eigenvalue weighted by Crippen LogP contribution is 2.50. The number of carbonyl (C=O) groups is 1. The van der Waals surface area contributed by atoms with Crippen LogP contribution in [0.25, 0.3) is 32.5 Å². The van der Waals surface area contributed by atoms with Crippen LogP contribution in [0.15, 0.2) is 91.0 Å². The third kappa shape index (κ3) is 3.07. The molecule has 1 aliphatic carbocycles. The molecule has 0 unspecified atom stereocenters. The number of hydrogen-bond donors (Lipinski definition) is 1. The molecule has 4 aromatic carbocycles. The lowest BCUT2D eigenvalue weighted by atomic mass is 10.0. The SMILES string of the molecule is O=C(Nc1nc2c(s1)-c1cccc3cccc-2c13)c1ccc(Oc2ccccc2)cc1. The van der Waals surface area contributed by atoms with Crippen molar-refractivity contribution in [2.75, 3.05) is 5.32 Å². The van der Waals surface area contributed by atoms with Gasteiger partial charge in [0.05, 0.1) is 10.6 Å². The summed E-state index contributed by atoms with van der Waals surface area (Å²) in [5.74, 6) is 1.25. The predicted octanol–water partition coefficient (Wildman–Crippen LogP) is 6.99. The Morgan fingerprint density at radius 2 is 1.48 bits per heavy atom. The van der Waals surface area contributed by atoms with Gasteiger partial charge in [-0.25, -0.2) is 4.98 Å². The Morgan fingerprint density at radius 1 is 0.774 bits per heavy atom. The van der Waals surface area contributed by atoms with Gasteiger partial charge in [0.1, 0.15) is 11.5 Å². The number of amides is 1. The second kappa shape index (κ2) is 7.07. The van der Waals surface area contributed by atoms with Crippen molar-refractivity contribution in [2.24, 2.45) is 0 Å². The van der Waals surface area contributed by atoms with Crippen LogP contribution >= 0.6 is 11.3 Å². The van der Waals surface area contributed by atoms with Gasteiger partial charge in [-0.15, -0.1) is 0 Å². The van der Waals surface area contributed by atoms with Crippen molar-refractivity contribution in [3.05, 3.63) is 96.6 Å². The molecule has 1 aromatic heterocycles. The van der Waals surface area contributed by atoms with Crippen LogP contribution in [0.4, 0.5) is 5.13 Å². The first-order chi connectivity index (χ1) is 15.3. The molecule has 0 aliphatic heterocycles. The molecule has 0 atom stereocenters. The first-order valence-corrected chi connectivity index (χ1v) is 10.8. The van der Waals surface area contributed by atoms with Crippen LogP contribution in [0.1, 0.15) is 10.4 Å². The normalized spacial score (nSPS) is 11.4. The Bertz CT molecular complexity index is 1380. The number of hydrogen-bond acceptors (Lipinski definition) is 4. The molecule has 4 nitrogen and oxygen atoms in total. The van der Waals surface area contributed by atoms with Crippen LogP contribution < -0.4 is 10.1 Å². The van der Waals surface area contributed by atoms with Crippen molar-refractivity contribution in [1.82, 2.24) is 4.98 Å². The number of para-hydroxylation sites is 1. The topological polar surface area (TPSA) is 51.2 Å². The Balaban J connectivity index is 1.23. The molecule has 1 aliphatic rings. The lowest BCUT2D eigenvalue weighted by Crippen LogP contribution is -2.11. The highest BCUT2D eigenvalue weighted by Gasteiger charge is 2.26. The molecular formula is C26H16N2O2S. The minimum Gasteiger partial charge on any atom is -0.457 e. The van der Waals surface area contributed by atoms with E-state index in [9.17, 15) is 4.79 Å². The molecule has 6 rings (SSSR count). The molecule has 0 bridgehead atoms. The van der Waals surface area contributed by atoms with Crippen LogP contribution in [-0.4, -0.2) is 10.9 Å². The van der Waals surface area contributed by atoms with Crippen LogP contribution in [0.3, 0.4) is 0 Å². The maximum Gasteiger partial charge on any atom is 0.257 e. The van der Waals surface area contributed by atoms with Gasteiger partial charge in [0.2, 0.25) is 0 Å². The number of carbonyl (C=O) groups excluding carboxylic acids is 1. The third-order valence-electron chi connectivity index (χ3n) is 5.35. The summed E-state index contributed by atoms with van der Waals surface area (Å²) in [6, 6.07) is 29.2. The predicted molar refractivity (Wildman–Crippen MR) is 125 cm³/mol. The van der Waals surface area contributed by atoms with Crippen molar-refractivity contribution in [1.29, 1.82) is 0 Å². The van der Waals surface area contributed by atoms with Gasteiger partial charge in [0, 0.05) is 16.7 Å². The molecule has 1 amide bonds. The molecule has 5 aromatic rings. The maximum absolute atomic E-state index is 12.8. The number of aromatic nitrogens is 1. The lowest BCUT2D eigenvalue weighted by molar-refractivity contribution is 0.102. The van der Waals surface area contributed by atoms with Crippen molar-refractivity contribution >= 4 is 33.1 Å². The number of nitrogens with zero attached hydrogens (tertiary/aromatic N) is 1. The zero-order chi connectivity index (χ0) is 20.8. The maximum atomic E-state index is 12.8. The quantitative estimate of drug-likeness (QED) is 0.334. The van der Waals surface area contributed by atoms with Gasteiger partial charge in [0.25, 0.3) is 5.91 Å². The molecule has 1 N–H and O–H groups in total. The van der Waals surface area contributed by atoms with E-state index in [1.807, 2.05) is 36.4 Å². The fraction of sp³-hybridized carbons (Fsp3) is 0. The van der Waals surface area contributed by atoms with E-state index in [1.54, 1.807) is 24.3 Å². The van der Waals surface area contributed by atoms with E-state index < -0.39 is 0 Å². The van der Waals surface area contributed by atoms with E-state index in [0.717, 1.165) is 21.9 Å². The first kappa shape index (κ1) is 17.9. The van der Waals surface area contributed by atoms with E-state index in [1.165, 1.54) is 27.7 Å². The molecule has 1 heterocycles. The summed E-state index contributed by atoms with van der Waals surface area (Å²) < 4.78 is 5.79. The van der Waals surface area contributed by atoms with Gasteiger partial charge < -0.3 is 4.74 Å². The number of fused-ring (bicyclic) bond motifs is 3. The highest BCUT2D eigenvalue weighted by molar-refractivity contribution is 7.20. The Morgan fingerprint density at radius 3 is 2.26 bits per heavy atom. The molecule has 148 valence electrons. The van der Waals surface area contributed by atoms with Crippen LogP contribution in [0.5, 0.6) is 11.5 Å². The Kier molecular flexibility index (Phi) is 4.08. The van der Waals surface area contributed by atoms with Crippen LogP contribution in [0, 0.1) is 0 Å². The van der Waals surface area contributed by atoms with E-state index in [2.05, 4.69) is 35.6 Å². The minimum absolute atomic E-state index is 0.190. The van der Waals surface area contributed by atoms with Crippen LogP contribution in [-0.2, 0) is 0 Å². The Labute approximate surface area is 182 Å². The van der Waals surface area contributed by atoms with Crippen molar-refractivity contribution in [3.63, 3.8) is 0 Å². The zero-order valence-corrected chi connectivity index (χ0v) is 17.1. The van der Waals surface area contributed by atoms with Gasteiger partial charge in [-0.3, -0.25) is 10.1 Å². The van der Waals surface area contributed by atoms with Gasteiger partial charge in [-0.2, -0.15) is 0 Å². The molecule has 31 heavy (non-hydrogen) atoms. The summed E-state index contributed by atoms with van der Waals surface area (Å²) in [4.78, 5) is 18.6. The molecular weight excluding hydrogens is 404 g/mol. The van der Waals surface area contributed by atoms with Gasteiger partial charge in [0.15, 0.2) is 5.13 Å². The molecule has 0 spiro atoms. The van der Waals surface area contributed by atoms with E-state index >= 15 is 0 Å². The largest absolute Gasteiger partial charge is 0.457 e. The zero-order valence-electron chi connectivity index (χ0n) is 16.3. The fourth-order valence-corrected chi connectivity index (χ4v) is 4.94. The number of nitrogens with one attached hydrogen (secondary N) is 1. The van der Waals surface area contributed by atoms with Gasteiger partial charge >= 0.3 is 0 Å². The molecule has 0 fully saturated rings. The smallest absolute Gasteiger partial charge is 0.257 e. The lowest BCUT2D eigenvalue weighted by Gasteiger charge is -2.07. The van der Waals surface area contributed by atoms with E-state index in [-0.39, 0.29) is 5.91 Å². The standard InChI is InChI=1S/C26H16N2O2S/c29-25(17-12-14-19(15-13-17)30-18-8-2-1-3-9-18)28-26-27-23-20-10-4-6-16-7-5-11-21(22(16)20)24(23)31-26/h1-15H,(H,27,28,29). The second-order valence-electron chi connectivity index (χ2n) is 7.30. The van der Waals surface area contributed by atoms with E-state index in [4.69, 9.17) is 9.72 Å². The number of thiazole rings is 1. The number of benzene rings is 4. The van der Waals surface area contributed by atoms with Crippen molar-refractivity contribution < 1.29 is 9.53 Å². The van der Waals surface area contributed by atoms with Gasteiger partial charge in [-0.05, 0) is 47.2 Å². The summed E-state index contributed by atoms with van der Waals surface area (Å²) >= 11 is 1.51. The number of ether oxygens (including phenoxy) is 1. The van der Waals surface area contributed by atoms with E-state index in [0.29, 0.717) is 16.4 Å². The first-order valence-electron chi connectivity index (χ1n) is 9.94.